The van der Waals surface area contributed by atoms with E-state index < -0.39 is 79.3 Å². The minimum absolute atomic E-state index is 0.0166. The van der Waals surface area contributed by atoms with Crippen molar-refractivity contribution in [3.8, 4) is 0 Å². The van der Waals surface area contributed by atoms with Crippen molar-refractivity contribution in [3.63, 3.8) is 0 Å². The van der Waals surface area contributed by atoms with Crippen LogP contribution in [-0.2, 0) is 4.79 Å². The van der Waals surface area contributed by atoms with Gasteiger partial charge in [0.15, 0.2) is 0 Å². The van der Waals surface area contributed by atoms with Gasteiger partial charge < -0.3 is 5.11 Å². The van der Waals surface area contributed by atoms with Crippen LogP contribution in [0, 0.1) is 0 Å². The van der Waals surface area contributed by atoms with Gasteiger partial charge in [-0.1, -0.05) is 19.3 Å². The first-order valence-corrected chi connectivity index (χ1v) is 9.10. The molecular formula is C16H15F17O2. The molecular weight excluding hydrogens is 547 g/mol. The predicted octanol–water partition coefficient (Wildman–Crippen LogP) is 7.81. The molecule has 19 heteroatoms. The number of unbranched alkanes of at least 4 members (excludes halogenated alkanes) is 4. The topological polar surface area (TPSA) is 37.3 Å². The molecule has 35 heavy (non-hydrogen) atoms. The largest absolute Gasteiger partial charge is 0.481 e. The SMILES string of the molecule is O=C(O)CCCCCCCC(F)(F)C(F)(F)C(F)(F)C(F)(F)C(F)(F)C(F)(F)C(F)(F)C(F)(F)F. The molecule has 0 aliphatic rings. The molecule has 2 nitrogen and oxygen atoms in total. The monoisotopic (exact) mass is 562 g/mol. The molecule has 210 valence electrons. The molecule has 0 radical (unpaired) electrons. The number of aliphatic carboxylic acids is 1. The number of halogens is 17. The molecule has 0 rings (SSSR count). The molecule has 0 amide bonds. The summed E-state index contributed by atoms with van der Waals surface area (Å²) in [7, 11) is 0. The average molecular weight is 562 g/mol. The molecule has 0 bridgehead atoms. The van der Waals surface area contributed by atoms with Gasteiger partial charge in [-0.05, 0) is 12.8 Å². The standard InChI is InChI=1S/C16H15F17O2/c17-9(18,7-5-3-1-2-4-6-8(34)35)10(19,20)11(21,22)12(23,24)13(25,26)14(27,28)15(29,30)16(31,32)33/h1-7H2,(H,34,35). The van der Waals surface area contributed by atoms with E-state index in [2.05, 4.69) is 0 Å². The number of carboxylic acid groups (broad SMARTS) is 1. The Morgan fingerprint density at radius 1 is 0.457 bits per heavy atom. The minimum atomic E-state index is -8.62. The van der Waals surface area contributed by atoms with E-state index in [1.165, 1.54) is 0 Å². The summed E-state index contributed by atoms with van der Waals surface area (Å²) in [5, 5.41) is 8.33. The van der Waals surface area contributed by atoms with Crippen LogP contribution in [-0.4, -0.2) is 58.7 Å². The number of hydrogen-bond acceptors (Lipinski definition) is 1. The smallest absolute Gasteiger partial charge is 0.460 e. The summed E-state index contributed by atoms with van der Waals surface area (Å²) in [5.74, 6) is -57.4. The normalized spacial score (nSPS) is 15.5. The van der Waals surface area contributed by atoms with Crippen LogP contribution in [0.2, 0.25) is 0 Å². The molecule has 1 N–H and O–H groups in total. The molecule has 0 atom stereocenters. The zero-order valence-electron chi connectivity index (χ0n) is 16.7. The van der Waals surface area contributed by atoms with Crippen molar-refractivity contribution in [2.45, 2.75) is 92.6 Å². The van der Waals surface area contributed by atoms with Gasteiger partial charge >= 0.3 is 53.6 Å². The predicted molar refractivity (Wildman–Crippen MR) is 80.6 cm³/mol. The second-order valence-electron chi connectivity index (χ2n) is 7.31. The Labute approximate surface area is 184 Å². The lowest BCUT2D eigenvalue weighted by Crippen LogP contribution is -2.74. The highest BCUT2D eigenvalue weighted by atomic mass is 19.4. The van der Waals surface area contributed by atoms with Crippen molar-refractivity contribution >= 4 is 5.97 Å². The first-order valence-electron chi connectivity index (χ1n) is 9.10. The molecule has 0 heterocycles. The third-order valence-corrected chi connectivity index (χ3v) is 4.67. The van der Waals surface area contributed by atoms with E-state index in [0.29, 0.717) is 0 Å². The zero-order valence-corrected chi connectivity index (χ0v) is 16.7. The number of carboxylic acids is 1. The average Bonchev–Trinajstić information content (AvgIpc) is 2.64. The maximum atomic E-state index is 13.6. The maximum Gasteiger partial charge on any atom is 0.460 e. The minimum Gasteiger partial charge on any atom is -0.481 e. The van der Waals surface area contributed by atoms with Crippen LogP contribution in [0.4, 0.5) is 74.6 Å². The van der Waals surface area contributed by atoms with Gasteiger partial charge in [0.05, 0.1) is 0 Å². The fourth-order valence-electron chi connectivity index (χ4n) is 2.51. The summed E-state index contributed by atoms with van der Waals surface area (Å²) in [5.41, 5.74) is 0. The van der Waals surface area contributed by atoms with Gasteiger partial charge in [0.1, 0.15) is 0 Å². The second kappa shape index (κ2) is 9.97. The maximum absolute atomic E-state index is 13.6. The number of hydrogen-bond donors (Lipinski definition) is 1. The molecule has 0 aliphatic carbocycles. The van der Waals surface area contributed by atoms with E-state index in [1.807, 2.05) is 0 Å². The highest BCUT2D eigenvalue weighted by Gasteiger charge is 2.95. The van der Waals surface area contributed by atoms with Crippen LogP contribution in [0.15, 0.2) is 0 Å². The third kappa shape index (κ3) is 5.67. The molecule has 0 aromatic rings. The Morgan fingerprint density at radius 3 is 1.14 bits per heavy atom. The summed E-state index contributed by atoms with van der Waals surface area (Å²) in [6.07, 6.45) is -12.6. The van der Waals surface area contributed by atoms with Crippen molar-refractivity contribution in [1.29, 1.82) is 0 Å². The molecule has 0 aromatic heterocycles. The fraction of sp³-hybridized carbons (Fsp3) is 0.938. The van der Waals surface area contributed by atoms with E-state index in [9.17, 15) is 79.4 Å². The van der Waals surface area contributed by atoms with E-state index in [0.717, 1.165) is 0 Å². The van der Waals surface area contributed by atoms with E-state index in [-0.39, 0.29) is 19.3 Å². The lowest BCUT2D eigenvalue weighted by Gasteiger charge is -2.42. The van der Waals surface area contributed by atoms with Crippen molar-refractivity contribution < 1.29 is 84.5 Å². The summed E-state index contributed by atoms with van der Waals surface area (Å²) in [6, 6.07) is 0. The van der Waals surface area contributed by atoms with Gasteiger partial charge in [-0.3, -0.25) is 4.79 Å². The Bertz CT molecular complexity index is 726. The molecule has 0 saturated carbocycles. The van der Waals surface area contributed by atoms with Crippen molar-refractivity contribution in [3.05, 3.63) is 0 Å². The Balaban J connectivity index is 5.90. The molecule has 0 aromatic carbocycles. The second-order valence-corrected chi connectivity index (χ2v) is 7.31. The van der Waals surface area contributed by atoms with Gasteiger partial charge in [-0.2, -0.15) is 74.6 Å². The van der Waals surface area contributed by atoms with E-state index in [1.54, 1.807) is 0 Å². The molecule has 0 aliphatic heterocycles. The highest BCUT2D eigenvalue weighted by molar-refractivity contribution is 5.66. The number of carbonyl (C=O) groups is 1. The zero-order chi connectivity index (χ0) is 28.5. The van der Waals surface area contributed by atoms with Crippen molar-refractivity contribution in [2.24, 2.45) is 0 Å². The van der Waals surface area contributed by atoms with Crippen LogP contribution < -0.4 is 0 Å². The van der Waals surface area contributed by atoms with Gasteiger partial charge in [0, 0.05) is 12.8 Å². The van der Waals surface area contributed by atoms with Crippen molar-refractivity contribution in [1.82, 2.24) is 0 Å². The van der Waals surface area contributed by atoms with Crippen molar-refractivity contribution in [2.75, 3.05) is 0 Å². The molecule has 0 spiro atoms. The Kier molecular flexibility index (Phi) is 9.48. The molecule has 0 fully saturated rings. The lowest BCUT2D eigenvalue weighted by molar-refractivity contribution is -0.461. The molecule has 0 saturated heterocycles. The Morgan fingerprint density at radius 2 is 0.771 bits per heavy atom. The fourth-order valence-corrected chi connectivity index (χ4v) is 2.51. The van der Waals surface area contributed by atoms with Crippen LogP contribution in [0.3, 0.4) is 0 Å². The van der Waals surface area contributed by atoms with Gasteiger partial charge in [-0.15, -0.1) is 0 Å². The van der Waals surface area contributed by atoms with E-state index >= 15 is 0 Å². The van der Waals surface area contributed by atoms with E-state index in [4.69, 9.17) is 5.11 Å². The van der Waals surface area contributed by atoms with Crippen LogP contribution in [0.5, 0.6) is 0 Å². The van der Waals surface area contributed by atoms with Crippen LogP contribution in [0.1, 0.15) is 44.9 Å². The number of alkyl halides is 17. The van der Waals surface area contributed by atoms with Crippen LogP contribution >= 0.6 is 0 Å². The van der Waals surface area contributed by atoms with Gasteiger partial charge in [0.2, 0.25) is 0 Å². The Hall–Kier alpha value is -1.72. The third-order valence-electron chi connectivity index (χ3n) is 4.67. The molecule has 0 unspecified atom stereocenters. The summed E-state index contributed by atoms with van der Waals surface area (Å²) >= 11 is 0. The quantitative estimate of drug-likeness (QED) is 0.173. The van der Waals surface area contributed by atoms with Gasteiger partial charge in [-0.25, -0.2) is 0 Å². The number of rotatable bonds is 14. The first-order chi connectivity index (χ1) is 15.2. The first kappa shape index (κ1) is 33.3. The van der Waals surface area contributed by atoms with Gasteiger partial charge in [0.25, 0.3) is 0 Å². The van der Waals surface area contributed by atoms with Crippen LogP contribution in [0.25, 0.3) is 0 Å². The summed E-state index contributed by atoms with van der Waals surface area (Å²) < 4.78 is 223. The summed E-state index contributed by atoms with van der Waals surface area (Å²) in [4.78, 5) is 10.2. The summed E-state index contributed by atoms with van der Waals surface area (Å²) in [6.45, 7) is 0. The lowest BCUT2D eigenvalue weighted by atomic mass is 9.87. The highest BCUT2D eigenvalue weighted by Crippen LogP contribution is 2.64.